The molecule has 0 saturated carbocycles. The third-order valence-corrected chi connectivity index (χ3v) is 5.07. The first-order valence-electron chi connectivity index (χ1n) is 9.17. The molecule has 1 aromatic carbocycles. The molecule has 1 aliphatic heterocycles. The highest BCUT2D eigenvalue weighted by atomic mass is 16.5. The number of aromatic amines is 1. The first kappa shape index (κ1) is 18.6. The van der Waals surface area contributed by atoms with Gasteiger partial charge in [0.2, 0.25) is 5.91 Å². The van der Waals surface area contributed by atoms with Crippen molar-refractivity contribution in [1.29, 1.82) is 0 Å². The van der Waals surface area contributed by atoms with Gasteiger partial charge in [-0.1, -0.05) is 24.3 Å². The van der Waals surface area contributed by atoms with E-state index in [4.69, 9.17) is 4.74 Å². The summed E-state index contributed by atoms with van der Waals surface area (Å²) in [7, 11) is 0. The number of hydrogen-bond acceptors (Lipinski definition) is 4. The van der Waals surface area contributed by atoms with Crippen LogP contribution in [0.3, 0.4) is 0 Å². The number of benzene rings is 1. The summed E-state index contributed by atoms with van der Waals surface area (Å²) in [6, 6.07) is 8.11. The molecule has 1 aromatic heterocycles. The first-order chi connectivity index (χ1) is 12.6. The predicted octanol–water partition coefficient (Wildman–Crippen LogP) is 1.87. The van der Waals surface area contributed by atoms with Gasteiger partial charge in [0.05, 0.1) is 26.0 Å². The van der Waals surface area contributed by atoms with Crippen molar-refractivity contribution in [2.45, 2.75) is 38.2 Å². The van der Waals surface area contributed by atoms with E-state index in [1.165, 1.54) is 5.56 Å². The van der Waals surface area contributed by atoms with Crippen molar-refractivity contribution < 1.29 is 14.6 Å². The van der Waals surface area contributed by atoms with Gasteiger partial charge in [0.1, 0.15) is 5.60 Å². The van der Waals surface area contributed by atoms with E-state index < -0.39 is 5.60 Å². The molecule has 2 aromatic rings. The number of ether oxygens (including phenoxy) is 1. The first-order valence-corrected chi connectivity index (χ1v) is 9.17. The second kappa shape index (κ2) is 8.47. The summed E-state index contributed by atoms with van der Waals surface area (Å²) in [6.45, 7) is 3.44. The van der Waals surface area contributed by atoms with Crippen LogP contribution in [0.1, 0.15) is 29.5 Å². The number of nitrogens with one attached hydrogen (secondary N) is 1. The molecule has 1 unspecified atom stereocenters. The summed E-state index contributed by atoms with van der Waals surface area (Å²) in [6.07, 6.45) is 6.38. The number of H-pyrrole nitrogens is 1. The van der Waals surface area contributed by atoms with Crippen LogP contribution in [0.15, 0.2) is 36.7 Å². The molecule has 0 aliphatic carbocycles. The van der Waals surface area contributed by atoms with Gasteiger partial charge in [-0.2, -0.15) is 5.10 Å². The minimum Gasteiger partial charge on any atom is -0.393 e. The number of aryl methyl sites for hydroxylation is 2. The van der Waals surface area contributed by atoms with Gasteiger partial charge in [-0.3, -0.25) is 9.89 Å². The number of morpholine rings is 1. The number of aliphatic hydroxyl groups excluding tert-OH is 1. The Bertz CT molecular complexity index is 717. The molecule has 1 amide bonds. The van der Waals surface area contributed by atoms with Crippen LogP contribution in [-0.4, -0.2) is 58.0 Å². The molecular weight excluding hydrogens is 330 g/mol. The molecule has 0 bridgehead atoms. The maximum atomic E-state index is 12.6. The fourth-order valence-corrected chi connectivity index (χ4v) is 3.49. The zero-order valence-corrected chi connectivity index (χ0v) is 15.3. The summed E-state index contributed by atoms with van der Waals surface area (Å²) in [5.74, 6) is 0.124. The van der Waals surface area contributed by atoms with Gasteiger partial charge < -0.3 is 14.7 Å². The molecule has 26 heavy (non-hydrogen) atoms. The van der Waals surface area contributed by atoms with Gasteiger partial charge in [-0.15, -0.1) is 0 Å². The standard InChI is InChI=1S/C20H27N3O3/c1-16-5-2-3-7-18(16)11-20(15-24)14-23(9-10-26-20)19(25)8-4-6-17-12-21-22-13-17/h2-3,5,7,12-13,24H,4,6,8-11,14-15H2,1H3,(H,21,22). The Kier molecular flexibility index (Phi) is 6.06. The van der Waals surface area contributed by atoms with Crippen molar-refractivity contribution >= 4 is 5.91 Å². The molecule has 3 rings (SSSR count). The fourth-order valence-electron chi connectivity index (χ4n) is 3.49. The van der Waals surface area contributed by atoms with Crippen LogP contribution in [-0.2, 0) is 22.4 Å². The lowest BCUT2D eigenvalue weighted by Crippen LogP contribution is -2.56. The Morgan fingerprint density at radius 2 is 2.27 bits per heavy atom. The lowest BCUT2D eigenvalue weighted by molar-refractivity contribution is -0.158. The number of aromatic nitrogens is 2. The highest BCUT2D eigenvalue weighted by Crippen LogP contribution is 2.25. The number of nitrogens with zero attached hydrogens (tertiary/aromatic N) is 2. The largest absolute Gasteiger partial charge is 0.393 e. The Balaban J connectivity index is 1.59. The third kappa shape index (κ3) is 4.51. The number of rotatable bonds is 7. The lowest BCUT2D eigenvalue weighted by atomic mass is 9.90. The van der Waals surface area contributed by atoms with E-state index in [0.29, 0.717) is 32.5 Å². The molecule has 1 aliphatic rings. The van der Waals surface area contributed by atoms with Gasteiger partial charge in [0.25, 0.3) is 0 Å². The number of aliphatic hydroxyl groups is 1. The van der Waals surface area contributed by atoms with Gasteiger partial charge in [-0.05, 0) is 36.5 Å². The van der Waals surface area contributed by atoms with Gasteiger partial charge in [0.15, 0.2) is 0 Å². The molecule has 0 radical (unpaired) electrons. The minimum absolute atomic E-state index is 0.0971. The summed E-state index contributed by atoms with van der Waals surface area (Å²) in [4.78, 5) is 14.5. The summed E-state index contributed by atoms with van der Waals surface area (Å²) >= 11 is 0. The van der Waals surface area contributed by atoms with Crippen molar-refractivity contribution in [3.05, 3.63) is 53.3 Å². The van der Waals surface area contributed by atoms with E-state index in [0.717, 1.165) is 24.0 Å². The van der Waals surface area contributed by atoms with Crippen LogP contribution in [0.4, 0.5) is 0 Å². The molecule has 6 nitrogen and oxygen atoms in total. The second-order valence-corrected chi connectivity index (χ2v) is 7.07. The van der Waals surface area contributed by atoms with Gasteiger partial charge in [-0.25, -0.2) is 0 Å². The summed E-state index contributed by atoms with van der Waals surface area (Å²) in [5, 5.41) is 16.7. The summed E-state index contributed by atoms with van der Waals surface area (Å²) < 4.78 is 5.96. The van der Waals surface area contributed by atoms with E-state index in [-0.39, 0.29) is 12.5 Å². The van der Waals surface area contributed by atoms with E-state index in [2.05, 4.69) is 29.3 Å². The van der Waals surface area contributed by atoms with Crippen LogP contribution in [0.5, 0.6) is 0 Å². The van der Waals surface area contributed by atoms with Crippen LogP contribution in [0.2, 0.25) is 0 Å². The zero-order chi connectivity index (χ0) is 18.4. The van der Waals surface area contributed by atoms with E-state index in [1.807, 2.05) is 23.2 Å². The third-order valence-electron chi connectivity index (χ3n) is 5.07. The maximum Gasteiger partial charge on any atom is 0.222 e. The molecule has 2 N–H and O–H groups in total. The smallest absolute Gasteiger partial charge is 0.222 e. The second-order valence-electron chi connectivity index (χ2n) is 7.07. The number of carbonyl (C=O) groups excluding carboxylic acids is 1. The average molecular weight is 357 g/mol. The molecule has 140 valence electrons. The van der Waals surface area contributed by atoms with E-state index in [1.54, 1.807) is 6.20 Å². The highest BCUT2D eigenvalue weighted by molar-refractivity contribution is 5.76. The molecule has 1 saturated heterocycles. The highest BCUT2D eigenvalue weighted by Gasteiger charge is 2.38. The van der Waals surface area contributed by atoms with Crippen LogP contribution < -0.4 is 0 Å². The molecule has 0 spiro atoms. The van der Waals surface area contributed by atoms with Gasteiger partial charge >= 0.3 is 0 Å². The molecule has 6 heteroatoms. The van der Waals surface area contributed by atoms with Crippen molar-refractivity contribution in [3.8, 4) is 0 Å². The molecule has 1 atom stereocenters. The average Bonchev–Trinajstić information content (AvgIpc) is 3.17. The normalized spacial score (nSPS) is 20.3. The number of hydrogen-bond donors (Lipinski definition) is 2. The van der Waals surface area contributed by atoms with Crippen LogP contribution in [0.25, 0.3) is 0 Å². The number of amides is 1. The van der Waals surface area contributed by atoms with Crippen molar-refractivity contribution in [2.24, 2.45) is 0 Å². The van der Waals surface area contributed by atoms with Crippen molar-refractivity contribution in [2.75, 3.05) is 26.3 Å². The lowest BCUT2D eigenvalue weighted by Gasteiger charge is -2.42. The monoisotopic (exact) mass is 357 g/mol. The van der Waals surface area contributed by atoms with Crippen LogP contribution in [0, 0.1) is 6.92 Å². The van der Waals surface area contributed by atoms with Gasteiger partial charge in [0, 0.05) is 25.6 Å². The fraction of sp³-hybridized carbons (Fsp3) is 0.500. The predicted molar refractivity (Wildman–Crippen MR) is 98.8 cm³/mol. The molecular formula is C20H27N3O3. The number of carbonyl (C=O) groups is 1. The Hall–Kier alpha value is -2.18. The van der Waals surface area contributed by atoms with Crippen molar-refractivity contribution in [1.82, 2.24) is 15.1 Å². The van der Waals surface area contributed by atoms with E-state index >= 15 is 0 Å². The Morgan fingerprint density at radius 1 is 1.42 bits per heavy atom. The van der Waals surface area contributed by atoms with Crippen molar-refractivity contribution in [3.63, 3.8) is 0 Å². The molecule has 1 fully saturated rings. The molecule has 2 heterocycles. The minimum atomic E-state index is -0.718. The maximum absolute atomic E-state index is 12.6. The Morgan fingerprint density at radius 3 is 3.00 bits per heavy atom. The Labute approximate surface area is 154 Å². The van der Waals surface area contributed by atoms with Crippen LogP contribution >= 0.6 is 0 Å². The summed E-state index contributed by atoms with van der Waals surface area (Å²) in [5.41, 5.74) is 2.72. The zero-order valence-electron chi connectivity index (χ0n) is 15.3. The quantitative estimate of drug-likeness (QED) is 0.793. The SMILES string of the molecule is Cc1ccccc1CC1(CO)CN(C(=O)CCCc2cn[nH]c2)CCO1. The topological polar surface area (TPSA) is 78.5 Å². The van der Waals surface area contributed by atoms with E-state index in [9.17, 15) is 9.90 Å².